The maximum Gasteiger partial charge on any atom is 0.303 e. The molecule has 0 saturated carbocycles. The zero-order valence-corrected chi connectivity index (χ0v) is 31.3. The number of carboxylic acid groups (broad SMARTS) is 1. The molecular weight excluding hydrogens is 682 g/mol. The van der Waals surface area contributed by atoms with Gasteiger partial charge in [0.2, 0.25) is 0 Å². The fourth-order valence-corrected chi connectivity index (χ4v) is 12.4. The molecule has 0 aromatic heterocycles. The first-order valence-electron chi connectivity index (χ1n) is 18.3. The summed E-state index contributed by atoms with van der Waals surface area (Å²) in [6.07, 6.45) is 2.53. The highest BCUT2D eigenvalue weighted by Crippen LogP contribution is 2.45. The molecule has 8 aromatic rings. The summed E-state index contributed by atoms with van der Waals surface area (Å²) in [6, 6.07) is 69.2. The van der Waals surface area contributed by atoms with E-state index in [1.54, 1.807) is 0 Å². The fourth-order valence-electron chi connectivity index (χ4n) is 7.44. The van der Waals surface area contributed by atoms with Crippen LogP contribution < -0.4 is 31.8 Å². The van der Waals surface area contributed by atoms with Crippen LogP contribution >= 0.6 is 15.8 Å². The Morgan fingerprint density at radius 1 is 0.434 bits per heavy atom. The molecular formula is C49H40O2P2. The lowest BCUT2D eigenvalue weighted by Gasteiger charge is -2.28. The minimum atomic E-state index is -0.948. The molecule has 53 heavy (non-hydrogen) atoms. The van der Waals surface area contributed by atoms with Crippen molar-refractivity contribution in [2.45, 2.75) is 25.7 Å². The maximum atomic E-state index is 11.3. The van der Waals surface area contributed by atoms with Crippen molar-refractivity contribution in [2.24, 2.45) is 0 Å². The Hall–Kier alpha value is -5.39. The van der Waals surface area contributed by atoms with Crippen LogP contribution in [0.25, 0.3) is 32.7 Å². The number of fused-ring (bicyclic) bond motifs is 2. The molecule has 1 N–H and O–H groups in total. The first-order valence-corrected chi connectivity index (χ1v) is 20.9. The van der Waals surface area contributed by atoms with E-state index in [0.29, 0.717) is 6.42 Å². The van der Waals surface area contributed by atoms with Crippen LogP contribution in [0.1, 0.15) is 24.8 Å². The van der Waals surface area contributed by atoms with Crippen molar-refractivity contribution in [3.63, 3.8) is 0 Å². The Labute approximate surface area is 314 Å². The molecule has 0 amide bonds. The van der Waals surface area contributed by atoms with Gasteiger partial charge in [-0.3, -0.25) is 4.79 Å². The Bertz CT molecular complexity index is 2400. The second-order valence-electron chi connectivity index (χ2n) is 13.3. The summed E-state index contributed by atoms with van der Waals surface area (Å²) in [6.45, 7) is 0. The van der Waals surface area contributed by atoms with Crippen molar-refractivity contribution in [3.8, 4) is 11.1 Å². The minimum absolute atomic E-state index is 0.198. The maximum absolute atomic E-state index is 11.3. The predicted octanol–water partition coefficient (Wildman–Crippen LogP) is 9.97. The van der Waals surface area contributed by atoms with Crippen LogP contribution in [0.3, 0.4) is 0 Å². The van der Waals surface area contributed by atoms with E-state index in [2.05, 4.69) is 188 Å². The average Bonchev–Trinajstić information content (AvgIpc) is 3.21. The summed E-state index contributed by atoms with van der Waals surface area (Å²) in [7, 11) is -1.88. The Morgan fingerprint density at radius 2 is 0.849 bits per heavy atom. The Balaban J connectivity index is 1.48. The van der Waals surface area contributed by atoms with Crippen LogP contribution in [-0.4, -0.2) is 11.1 Å². The van der Waals surface area contributed by atoms with Crippen LogP contribution in [0.15, 0.2) is 188 Å². The molecule has 0 unspecified atom stereocenters. The highest BCUT2D eigenvalue weighted by molar-refractivity contribution is 7.80. The van der Waals surface area contributed by atoms with Gasteiger partial charge in [0.05, 0.1) is 0 Å². The van der Waals surface area contributed by atoms with Gasteiger partial charge in [0.25, 0.3) is 0 Å². The summed E-state index contributed by atoms with van der Waals surface area (Å²) in [5.41, 5.74) is 3.82. The average molecular weight is 723 g/mol. The zero-order valence-electron chi connectivity index (χ0n) is 29.5. The highest BCUT2D eigenvalue weighted by atomic mass is 31.1. The topological polar surface area (TPSA) is 37.3 Å². The van der Waals surface area contributed by atoms with Crippen LogP contribution in [0.2, 0.25) is 0 Å². The molecule has 0 heterocycles. The number of aliphatic carboxylic acids is 1. The van der Waals surface area contributed by atoms with Gasteiger partial charge >= 0.3 is 5.97 Å². The van der Waals surface area contributed by atoms with Gasteiger partial charge in [-0.15, -0.1) is 0 Å². The van der Waals surface area contributed by atoms with Gasteiger partial charge in [-0.25, -0.2) is 0 Å². The van der Waals surface area contributed by atoms with Gasteiger partial charge < -0.3 is 5.11 Å². The van der Waals surface area contributed by atoms with E-state index in [1.807, 2.05) is 0 Å². The van der Waals surface area contributed by atoms with Crippen LogP contribution in [-0.2, 0) is 11.2 Å². The van der Waals surface area contributed by atoms with Crippen LogP contribution in [0, 0.1) is 0 Å². The zero-order chi connectivity index (χ0) is 36.0. The van der Waals surface area contributed by atoms with Crippen molar-refractivity contribution in [2.75, 3.05) is 0 Å². The lowest BCUT2D eigenvalue weighted by atomic mass is 9.92. The molecule has 8 aromatic carbocycles. The standard InChI is InChI=1S/C49H40O2P2/c50-47(51)28-16-13-17-36-29-30-38-32-34-46(53(41-23-9-3-10-24-41)42-25-11-4-12-26-42)49(44(38)35-36)48-43-27-15-14-18-37(43)31-33-45(48)52(39-19-5-1-6-20-39)40-21-7-2-8-22-40/h1-12,14-15,18-27,29-35H,13,16-17,28H2,(H,50,51). The molecule has 0 aliphatic rings. The van der Waals surface area contributed by atoms with E-state index in [-0.39, 0.29) is 6.42 Å². The lowest BCUT2D eigenvalue weighted by Crippen LogP contribution is -2.26. The molecule has 0 radical (unpaired) electrons. The molecule has 0 bridgehead atoms. The largest absolute Gasteiger partial charge is 0.481 e. The van der Waals surface area contributed by atoms with E-state index >= 15 is 0 Å². The number of hydrogen-bond acceptors (Lipinski definition) is 1. The predicted molar refractivity (Wildman–Crippen MR) is 229 cm³/mol. The van der Waals surface area contributed by atoms with E-state index < -0.39 is 21.8 Å². The molecule has 0 saturated heterocycles. The van der Waals surface area contributed by atoms with Crippen molar-refractivity contribution >= 4 is 75.2 Å². The van der Waals surface area contributed by atoms with Gasteiger partial charge in [0, 0.05) is 6.42 Å². The van der Waals surface area contributed by atoms with Crippen LogP contribution in [0.5, 0.6) is 0 Å². The number of hydrogen-bond donors (Lipinski definition) is 1. The van der Waals surface area contributed by atoms with Crippen LogP contribution in [0.4, 0.5) is 0 Å². The number of carbonyl (C=O) groups is 1. The molecule has 2 nitrogen and oxygen atoms in total. The summed E-state index contributed by atoms with van der Waals surface area (Å²) < 4.78 is 0. The number of benzene rings is 8. The molecule has 0 atom stereocenters. The third-order valence-corrected chi connectivity index (χ3v) is 14.8. The number of unbranched alkanes of at least 4 members (excludes halogenated alkanes) is 1. The Kier molecular flexibility index (Phi) is 10.5. The van der Waals surface area contributed by atoms with E-state index in [4.69, 9.17) is 0 Å². The minimum Gasteiger partial charge on any atom is -0.481 e. The van der Waals surface area contributed by atoms with Gasteiger partial charge in [-0.1, -0.05) is 188 Å². The second-order valence-corrected chi connectivity index (χ2v) is 17.7. The molecule has 0 fully saturated rings. The van der Waals surface area contributed by atoms with Gasteiger partial charge in [0.1, 0.15) is 0 Å². The number of carboxylic acids is 1. The Morgan fingerprint density at radius 3 is 1.34 bits per heavy atom. The summed E-state index contributed by atoms with van der Waals surface area (Å²) in [5, 5.41) is 22.2. The molecule has 0 aliphatic heterocycles. The summed E-state index contributed by atoms with van der Waals surface area (Å²) in [5.74, 6) is -0.734. The van der Waals surface area contributed by atoms with Gasteiger partial charge in [-0.05, 0) is 105 Å². The van der Waals surface area contributed by atoms with Gasteiger partial charge in [-0.2, -0.15) is 0 Å². The first kappa shape index (κ1) is 34.7. The third-order valence-electron chi connectivity index (χ3n) is 9.87. The quantitative estimate of drug-likeness (QED) is 0.101. The smallest absolute Gasteiger partial charge is 0.303 e. The summed E-state index contributed by atoms with van der Waals surface area (Å²) >= 11 is 0. The van der Waals surface area contributed by atoms with E-state index in [1.165, 1.54) is 70.1 Å². The second kappa shape index (κ2) is 16.1. The lowest BCUT2D eigenvalue weighted by molar-refractivity contribution is -0.137. The van der Waals surface area contributed by atoms with E-state index in [0.717, 1.165) is 12.8 Å². The molecule has 8 rings (SSSR count). The summed E-state index contributed by atoms with van der Waals surface area (Å²) in [4.78, 5) is 11.3. The molecule has 4 heteroatoms. The molecule has 258 valence electrons. The van der Waals surface area contributed by atoms with Gasteiger partial charge in [0.15, 0.2) is 0 Å². The molecule has 0 spiro atoms. The first-order chi connectivity index (χ1) is 26.2. The van der Waals surface area contributed by atoms with Crippen molar-refractivity contribution in [1.82, 2.24) is 0 Å². The highest BCUT2D eigenvalue weighted by Gasteiger charge is 2.28. The fraction of sp³-hybridized carbons (Fsp3) is 0.0816. The van der Waals surface area contributed by atoms with E-state index in [9.17, 15) is 9.90 Å². The SMILES string of the molecule is O=C(O)CCCCc1ccc2ccc(P(c3ccccc3)c3ccccc3)c(-c3c(P(c4ccccc4)c4ccccc4)ccc4ccccc34)c2c1. The monoisotopic (exact) mass is 722 g/mol. The normalized spacial score (nSPS) is 11.4. The van der Waals surface area contributed by atoms with Crippen molar-refractivity contribution in [3.05, 3.63) is 194 Å². The third kappa shape index (κ3) is 7.45. The number of rotatable bonds is 12. The molecule has 0 aliphatic carbocycles. The van der Waals surface area contributed by atoms with Crippen molar-refractivity contribution < 1.29 is 9.90 Å². The van der Waals surface area contributed by atoms with Crippen molar-refractivity contribution in [1.29, 1.82) is 0 Å². The number of aryl methyl sites for hydroxylation is 1.